The molecule has 3 rings (SSSR count). The predicted octanol–water partition coefficient (Wildman–Crippen LogP) is 1.98. The molecule has 0 saturated carbocycles. The molecule has 1 aromatic carbocycles. The molecule has 2 heterocycles. The molecule has 1 aromatic heterocycles. The van der Waals surface area contributed by atoms with Crippen molar-refractivity contribution in [3.8, 4) is 28.8 Å². The SMILES string of the molecule is Cc1c(O)nc(-c2cc(Br)c3c(c2)OCCO3)[nH]c1=O. The molecule has 0 aliphatic carbocycles. The number of nitrogens with zero attached hydrogens (tertiary/aromatic N) is 1. The van der Waals surface area contributed by atoms with Crippen molar-refractivity contribution in [3.63, 3.8) is 0 Å². The first kappa shape index (κ1) is 13.0. The molecule has 0 atom stereocenters. The zero-order valence-electron chi connectivity index (χ0n) is 10.6. The largest absolute Gasteiger partial charge is 0.493 e. The van der Waals surface area contributed by atoms with Crippen LogP contribution in [0.4, 0.5) is 0 Å². The summed E-state index contributed by atoms with van der Waals surface area (Å²) in [7, 11) is 0. The number of fused-ring (bicyclic) bond motifs is 1. The van der Waals surface area contributed by atoms with E-state index in [1.165, 1.54) is 6.92 Å². The number of hydrogen-bond donors (Lipinski definition) is 2. The summed E-state index contributed by atoms with van der Waals surface area (Å²) in [6.45, 7) is 2.46. The summed E-state index contributed by atoms with van der Waals surface area (Å²) in [6, 6.07) is 3.47. The molecule has 0 amide bonds. The predicted molar refractivity (Wildman–Crippen MR) is 75.4 cm³/mol. The quantitative estimate of drug-likeness (QED) is 0.830. The number of aromatic hydroxyl groups is 1. The highest BCUT2D eigenvalue weighted by molar-refractivity contribution is 9.10. The molecule has 7 heteroatoms. The van der Waals surface area contributed by atoms with Gasteiger partial charge < -0.3 is 19.6 Å². The number of H-pyrrole nitrogens is 1. The number of benzene rings is 1. The molecular formula is C13H11BrN2O4. The molecule has 20 heavy (non-hydrogen) atoms. The number of hydrogen-bond acceptors (Lipinski definition) is 5. The second-order valence-electron chi connectivity index (χ2n) is 4.35. The number of rotatable bonds is 1. The average Bonchev–Trinajstić information content (AvgIpc) is 2.44. The Hall–Kier alpha value is -2.02. The van der Waals surface area contributed by atoms with Crippen LogP contribution in [0.3, 0.4) is 0 Å². The maximum absolute atomic E-state index is 11.7. The van der Waals surface area contributed by atoms with Gasteiger partial charge in [-0.3, -0.25) is 4.79 Å². The molecule has 6 nitrogen and oxygen atoms in total. The van der Waals surface area contributed by atoms with Crippen LogP contribution in [0.25, 0.3) is 11.4 Å². The Morgan fingerprint density at radius 3 is 2.85 bits per heavy atom. The second-order valence-corrected chi connectivity index (χ2v) is 5.20. The number of ether oxygens (including phenoxy) is 2. The van der Waals surface area contributed by atoms with Crippen molar-refractivity contribution in [1.29, 1.82) is 0 Å². The smallest absolute Gasteiger partial charge is 0.257 e. The topological polar surface area (TPSA) is 84.4 Å². The highest BCUT2D eigenvalue weighted by Gasteiger charge is 2.18. The fourth-order valence-electron chi connectivity index (χ4n) is 1.90. The van der Waals surface area contributed by atoms with Crippen LogP contribution in [0.5, 0.6) is 17.4 Å². The van der Waals surface area contributed by atoms with Crippen LogP contribution < -0.4 is 15.0 Å². The van der Waals surface area contributed by atoms with Crippen LogP contribution in [-0.2, 0) is 0 Å². The molecular weight excluding hydrogens is 328 g/mol. The van der Waals surface area contributed by atoms with Crippen LogP contribution >= 0.6 is 15.9 Å². The molecule has 0 spiro atoms. The third-order valence-electron chi connectivity index (χ3n) is 3.00. The second kappa shape index (κ2) is 4.82. The first-order valence-corrected chi connectivity index (χ1v) is 6.75. The third kappa shape index (κ3) is 2.14. The van der Waals surface area contributed by atoms with Crippen molar-refractivity contribution < 1.29 is 14.6 Å². The summed E-state index contributed by atoms with van der Waals surface area (Å²) in [5.41, 5.74) is 0.428. The first-order chi connectivity index (χ1) is 9.56. The fourth-order valence-corrected chi connectivity index (χ4v) is 2.46. The van der Waals surface area contributed by atoms with E-state index in [2.05, 4.69) is 25.9 Å². The lowest BCUT2D eigenvalue weighted by molar-refractivity contribution is 0.170. The summed E-state index contributed by atoms with van der Waals surface area (Å²) < 4.78 is 11.7. The lowest BCUT2D eigenvalue weighted by Crippen LogP contribution is -2.16. The average molecular weight is 339 g/mol. The van der Waals surface area contributed by atoms with Crippen molar-refractivity contribution in [2.75, 3.05) is 13.2 Å². The van der Waals surface area contributed by atoms with E-state index in [0.29, 0.717) is 34.7 Å². The van der Waals surface area contributed by atoms with Gasteiger partial charge >= 0.3 is 0 Å². The van der Waals surface area contributed by atoms with Gasteiger partial charge in [0.15, 0.2) is 11.5 Å². The number of halogens is 1. The highest BCUT2D eigenvalue weighted by atomic mass is 79.9. The maximum Gasteiger partial charge on any atom is 0.257 e. The first-order valence-electron chi connectivity index (χ1n) is 5.95. The van der Waals surface area contributed by atoms with Gasteiger partial charge in [0.2, 0.25) is 5.88 Å². The Balaban J connectivity index is 2.16. The minimum atomic E-state index is -0.376. The molecule has 0 radical (unpaired) electrons. The van der Waals surface area contributed by atoms with Gasteiger partial charge in [0, 0.05) is 5.56 Å². The fraction of sp³-hybridized carbons (Fsp3) is 0.231. The Bertz CT molecular complexity index is 742. The Labute approximate surface area is 122 Å². The Morgan fingerprint density at radius 1 is 1.35 bits per heavy atom. The van der Waals surface area contributed by atoms with Crippen molar-refractivity contribution in [2.45, 2.75) is 6.92 Å². The molecule has 0 bridgehead atoms. The minimum Gasteiger partial charge on any atom is -0.493 e. The summed E-state index contributed by atoms with van der Waals surface area (Å²) in [5, 5.41) is 9.65. The lowest BCUT2D eigenvalue weighted by Gasteiger charge is -2.20. The Kier molecular flexibility index (Phi) is 3.13. The maximum atomic E-state index is 11.7. The lowest BCUT2D eigenvalue weighted by atomic mass is 10.1. The van der Waals surface area contributed by atoms with Gasteiger partial charge in [-0.25, -0.2) is 0 Å². The van der Waals surface area contributed by atoms with E-state index in [4.69, 9.17) is 9.47 Å². The van der Waals surface area contributed by atoms with Crippen molar-refractivity contribution in [2.24, 2.45) is 0 Å². The summed E-state index contributed by atoms with van der Waals surface area (Å²) in [6.07, 6.45) is 0. The highest BCUT2D eigenvalue weighted by Crippen LogP contribution is 2.40. The molecule has 1 aliphatic rings. The molecule has 0 saturated heterocycles. The van der Waals surface area contributed by atoms with Gasteiger partial charge in [-0.15, -0.1) is 0 Å². The van der Waals surface area contributed by atoms with E-state index in [-0.39, 0.29) is 22.8 Å². The number of aromatic amines is 1. The molecule has 2 N–H and O–H groups in total. The van der Waals surface area contributed by atoms with Crippen LogP contribution in [0.1, 0.15) is 5.56 Å². The summed E-state index contributed by atoms with van der Waals surface area (Å²) >= 11 is 3.39. The Morgan fingerprint density at radius 2 is 2.10 bits per heavy atom. The van der Waals surface area contributed by atoms with E-state index in [1.54, 1.807) is 12.1 Å². The van der Waals surface area contributed by atoms with Crippen LogP contribution in [-0.4, -0.2) is 28.3 Å². The standard InChI is InChI=1S/C13H11BrN2O4/c1-6-12(17)15-11(16-13(6)18)7-4-8(14)10-9(5-7)19-2-3-20-10/h4-5H,2-3H2,1H3,(H2,15,16,17,18). The molecule has 1 aliphatic heterocycles. The zero-order chi connectivity index (χ0) is 14.3. The van der Waals surface area contributed by atoms with Crippen molar-refractivity contribution in [1.82, 2.24) is 9.97 Å². The van der Waals surface area contributed by atoms with Gasteiger partial charge in [-0.2, -0.15) is 4.98 Å². The molecule has 0 fully saturated rings. The minimum absolute atomic E-state index is 0.186. The normalized spacial score (nSPS) is 13.3. The summed E-state index contributed by atoms with van der Waals surface area (Å²) in [5.74, 6) is 1.19. The third-order valence-corrected chi connectivity index (χ3v) is 3.58. The number of aromatic nitrogens is 2. The van der Waals surface area contributed by atoms with Crippen LogP contribution in [0.15, 0.2) is 21.4 Å². The monoisotopic (exact) mass is 338 g/mol. The zero-order valence-corrected chi connectivity index (χ0v) is 12.2. The molecule has 2 aromatic rings. The van der Waals surface area contributed by atoms with Gasteiger partial charge in [0.1, 0.15) is 19.0 Å². The van der Waals surface area contributed by atoms with E-state index < -0.39 is 0 Å². The van der Waals surface area contributed by atoms with Crippen LogP contribution in [0.2, 0.25) is 0 Å². The molecule has 0 unspecified atom stereocenters. The van der Waals surface area contributed by atoms with Gasteiger partial charge in [-0.1, -0.05) is 0 Å². The van der Waals surface area contributed by atoms with E-state index in [9.17, 15) is 9.90 Å². The van der Waals surface area contributed by atoms with E-state index in [1.807, 2.05) is 0 Å². The van der Waals surface area contributed by atoms with Crippen LogP contribution in [0, 0.1) is 6.92 Å². The van der Waals surface area contributed by atoms with Crippen molar-refractivity contribution in [3.05, 3.63) is 32.5 Å². The van der Waals surface area contributed by atoms with Crippen molar-refractivity contribution >= 4 is 15.9 Å². The van der Waals surface area contributed by atoms with E-state index >= 15 is 0 Å². The summed E-state index contributed by atoms with van der Waals surface area (Å²) in [4.78, 5) is 18.3. The number of nitrogens with one attached hydrogen (secondary N) is 1. The van der Waals surface area contributed by atoms with Gasteiger partial charge in [0.05, 0.1) is 10.0 Å². The van der Waals surface area contributed by atoms with Gasteiger partial charge in [0.25, 0.3) is 5.56 Å². The van der Waals surface area contributed by atoms with Gasteiger partial charge in [-0.05, 0) is 35.0 Å². The van der Waals surface area contributed by atoms with E-state index in [0.717, 1.165) is 0 Å². The molecule has 104 valence electrons.